The number of ketones is 1. The van der Waals surface area contributed by atoms with Crippen molar-refractivity contribution in [3.05, 3.63) is 135 Å². The lowest BCUT2D eigenvalue weighted by atomic mass is 9.79. The molecule has 4 aromatic rings. The molecule has 0 aliphatic carbocycles. The Bertz CT molecular complexity index is 1520. The molecule has 37 heavy (non-hydrogen) atoms. The van der Waals surface area contributed by atoms with E-state index in [0.717, 1.165) is 10.2 Å². The number of hydrogen-bond acceptors (Lipinski definition) is 5. The number of hydrogen-bond donors (Lipinski definition) is 0. The van der Waals surface area contributed by atoms with Gasteiger partial charge in [-0.2, -0.15) is 5.10 Å². The molecule has 3 nitrogen and oxygen atoms in total. The Morgan fingerprint density at radius 1 is 0.757 bits per heavy atom. The first-order chi connectivity index (χ1) is 17.9. The summed E-state index contributed by atoms with van der Waals surface area (Å²) in [5.74, 6) is -0.0219. The van der Waals surface area contributed by atoms with Crippen LogP contribution in [0.25, 0.3) is 0 Å². The maximum absolute atomic E-state index is 12.7. The van der Waals surface area contributed by atoms with E-state index in [2.05, 4.69) is 120 Å². The number of halogens is 1. The zero-order chi connectivity index (χ0) is 25.8. The third-order valence-electron chi connectivity index (χ3n) is 7.06. The van der Waals surface area contributed by atoms with Crippen molar-refractivity contribution in [1.82, 2.24) is 0 Å². The van der Waals surface area contributed by atoms with Crippen molar-refractivity contribution in [2.45, 2.75) is 29.7 Å². The van der Waals surface area contributed by atoms with Gasteiger partial charge in [0.2, 0.25) is 0 Å². The summed E-state index contributed by atoms with van der Waals surface area (Å²) >= 11 is 7.00. The van der Waals surface area contributed by atoms with Crippen LogP contribution in [0.3, 0.4) is 0 Å². The van der Waals surface area contributed by atoms with Gasteiger partial charge in [0, 0.05) is 17.0 Å². The van der Waals surface area contributed by atoms with E-state index in [4.69, 9.17) is 5.10 Å². The fraction of sp³-hybridized carbons (Fsp3) is 0.161. The largest absolute Gasteiger partial charge is 0.292 e. The molecule has 2 aliphatic rings. The quantitative estimate of drug-likeness (QED) is 0.241. The van der Waals surface area contributed by atoms with Crippen LogP contribution in [0.1, 0.15) is 40.3 Å². The molecular weight excluding hydrogens is 560 g/mol. The number of aryl methyl sites for hydroxylation is 2. The number of carbonyl (C=O) groups excluding carboxylic acids is 1. The third kappa shape index (κ3) is 3.72. The SMILES string of the molecule is CC(=O)C1=NN(c2ccc(Br)cc2)[C@@]2(S1)SC(c1ccccc1C)(c1ccccc1C)c1ccccc12. The Morgan fingerprint density at radius 2 is 1.27 bits per heavy atom. The van der Waals surface area contributed by atoms with E-state index in [9.17, 15) is 4.79 Å². The molecule has 2 heterocycles. The van der Waals surface area contributed by atoms with Crippen molar-refractivity contribution in [1.29, 1.82) is 0 Å². The van der Waals surface area contributed by atoms with Gasteiger partial charge < -0.3 is 0 Å². The van der Waals surface area contributed by atoms with Crippen LogP contribution in [-0.2, 0) is 13.7 Å². The van der Waals surface area contributed by atoms with Gasteiger partial charge in [0.1, 0.15) is 0 Å². The van der Waals surface area contributed by atoms with Gasteiger partial charge >= 0.3 is 0 Å². The van der Waals surface area contributed by atoms with Crippen molar-refractivity contribution in [2.75, 3.05) is 5.01 Å². The number of anilines is 1. The molecule has 6 rings (SSSR count). The summed E-state index contributed by atoms with van der Waals surface area (Å²) in [5, 5.41) is 7.53. The number of carbonyl (C=O) groups is 1. The molecule has 0 saturated heterocycles. The van der Waals surface area contributed by atoms with Crippen molar-refractivity contribution in [3.63, 3.8) is 0 Å². The van der Waals surface area contributed by atoms with Crippen molar-refractivity contribution in [3.8, 4) is 0 Å². The maximum atomic E-state index is 12.7. The van der Waals surface area contributed by atoms with Gasteiger partial charge in [0.25, 0.3) is 0 Å². The van der Waals surface area contributed by atoms with E-state index >= 15 is 0 Å². The fourth-order valence-corrected chi connectivity index (χ4v) is 9.39. The predicted octanol–water partition coefficient (Wildman–Crippen LogP) is 8.37. The van der Waals surface area contributed by atoms with E-state index in [-0.39, 0.29) is 5.78 Å². The highest BCUT2D eigenvalue weighted by Gasteiger charge is 2.62. The smallest absolute Gasteiger partial charge is 0.187 e. The van der Waals surface area contributed by atoms with Gasteiger partial charge in [0.05, 0.1) is 10.4 Å². The Hall–Kier alpha value is -2.80. The van der Waals surface area contributed by atoms with Crippen LogP contribution in [0.5, 0.6) is 0 Å². The molecule has 1 atom stereocenters. The second kappa shape index (κ2) is 9.19. The lowest BCUT2D eigenvalue weighted by molar-refractivity contribution is -0.110. The summed E-state index contributed by atoms with van der Waals surface area (Å²) in [6, 6.07) is 34.2. The number of rotatable bonds is 4. The monoisotopic (exact) mass is 584 g/mol. The number of nitrogens with zero attached hydrogens (tertiary/aromatic N) is 2. The number of fused-ring (bicyclic) bond motifs is 2. The zero-order valence-corrected chi connectivity index (χ0v) is 24.0. The Morgan fingerprint density at radius 3 is 1.81 bits per heavy atom. The lowest BCUT2D eigenvalue weighted by Gasteiger charge is -2.38. The molecule has 0 unspecified atom stereocenters. The first kappa shape index (κ1) is 24.5. The van der Waals surface area contributed by atoms with Crippen LogP contribution in [0.15, 0.2) is 107 Å². The zero-order valence-electron chi connectivity index (χ0n) is 20.7. The van der Waals surface area contributed by atoms with E-state index in [1.54, 1.807) is 18.7 Å². The second-order valence-corrected chi connectivity index (χ2v) is 13.2. The molecule has 4 aromatic carbocycles. The first-order valence-corrected chi connectivity index (χ1v) is 14.6. The molecule has 0 fully saturated rings. The highest BCUT2D eigenvalue weighted by Crippen LogP contribution is 2.71. The summed E-state index contributed by atoms with van der Waals surface area (Å²) in [7, 11) is 0. The van der Waals surface area contributed by atoms with Crippen LogP contribution < -0.4 is 5.01 Å². The molecule has 2 aliphatic heterocycles. The molecular formula is C31H25BrN2OS2. The van der Waals surface area contributed by atoms with Gasteiger partial charge in [-0.05, 0) is 65.9 Å². The maximum Gasteiger partial charge on any atom is 0.187 e. The van der Waals surface area contributed by atoms with Crippen LogP contribution in [0.2, 0.25) is 0 Å². The Balaban J connectivity index is 1.68. The van der Waals surface area contributed by atoms with Crippen molar-refractivity contribution < 1.29 is 4.79 Å². The van der Waals surface area contributed by atoms with Gasteiger partial charge in [0.15, 0.2) is 15.0 Å². The van der Waals surface area contributed by atoms with Crippen LogP contribution in [0.4, 0.5) is 5.69 Å². The summed E-state index contributed by atoms with van der Waals surface area (Å²) in [4.78, 5) is 12.7. The minimum atomic E-state index is -0.657. The molecule has 0 aromatic heterocycles. The normalized spacial score (nSPS) is 19.7. The number of benzene rings is 4. The highest BCUT2D eigenvalue weighted by atomic mass is 79.9. The summed E-state index contributed by atoms with van der Waals surface area (Å²) in [6.45, 7) is 5.98. The Kier molecular flexibility index (Phi) is 6.09. The summed E-state index contributed by atoms with van der Waals surface area (Å²) < 4.78 is -0.146. The molecule has 6 heteroatoms. The first-order valence-electron chi connectivity index (χ1n) is 12.1. The minimum absolute atomic E-state index is 0.0219. The second-order valence-electron chi connectivity index (χ2n) is 9.39. The molecule has 0 radical (unpaired) electrons. The van der Waals surface area contributed by atoms with Crippen molar-refractivity contribution >= 4 is 56.0 Å². The van der Waals surface area contributed by atoms with Crippen LogP contribution in [-0.4, -0.2) is 10.8 Å². The summed E-state index contributed by atoms with van der Waals surface area (Å²) in [5.41, 5.74) is 8.32. The van der Waals surface area contributed by atoms with Gasteiger partial charge in [-0.1, -0.05) is 112 Å². The van der Waals surface area contributed by atoms with E-state index in [1.165, 1.54) is 33.4 Å². The van der Waals surface area contributed by atoms with Crippen molar-refractivity contribution in [2.24, 2.45) is 5.10 Å². The molecule has 1 spiro atoms. The standard InChI is InChI=1S/C31H25BrN2OS2/c1-20-10-4-6-12-25(20)30(26-13-7-5-11-21(26)2)27-14-8-9-15-28(27)31(37-30)34(33-29(36-31)22(3)35)24-18-16-23(32)17-19-24/h4-19H,1-3H3/t31-/m0/s1. The number of hydrazone groups is 1. The fourth-order valence-electron chi connectivity index (χ4n) is 5.40. The average Bonchev–Trinajstić information content (AvgIpc) is 3.43. The number of thioether (sulfide) groups is 2. The molecule has 0 amide bonds. The van der Waals surface area contributed by atoms with Crippen LogP contribution in [0, 0.1) is 13.8 Å². The molecule has 184 valence electrons. The van der Waals surface area contributed by atoms with E-state index in [0.29, 0.717) is 5.04 Å². The van der Waals surface area contributed by atoms with E-state index < -0.39 is 8.95 Å². The topological polar surface area (TPSA) is 32.7 Å². The molecule has 0 bridgehead atoms. The van der Waals surface area contributed by atoms with Gasteiger partial charge in [-0.25, -0.2) is 5.01 Å². The van der Waals surface area contributed by atoms with Gasteiger partial charge in [-0.3, -0.25) is 4.79 Å². The highest BCUT2D eigenvalue weighted by molar-refractivity contribution is 9.10. The minimum Gasteiger partial charge on any atom is -0.292 e. The average molecular weight is 586 g/mol. The summed E-state index contributed by atoms with van der Waals surface area (Å²) in [6.07, 6.45) is 0. The third-order valence-corrected chi connectivity index (χ3v) is 11.0. The Labute approximate surface area is 234 Å². The van der Waals surface area contributed by atoms with E-state index in [1.807, 2.05) is 23.9 Å². The number of Topliss-reactive ketones (excluding diaryl/α,β-unsaturated/α-hetero) is 1. The van der Waals surface area contributed by atoms with Crippen LogP contribution >= 0.6 is 39.5 Å². The molecule has 0 N–H and O–H groups in total. The lowest BCUT2D eigenvalue weighted by Crippen LogP contribution is -2.34. The van der Waals surface area contributed by atoms with Gasteiger partial charge in [-0.15, -0.1) is 0 Å². The molecule has 0 saturated carbocycles. The predicted molar refractivity (Wildman–Crippen MR) is 160 cm³/mol.